The quantitative estimate of drug-likeness (QED) is 0.413. The SMILES string of the molecule is C=COP(=O)(O)O.C=CP(=O)(O)O. The van der Waals surface area contributed by atoms with E-state index in [0.717, 1.165) is 0 Å². The molecule has 0 aliphatic heterocycles. The van der Waals surface area contributed by atoms with Gasteiger partial charge in [0.15, 0.2) is 0 Å². The van der Waals surface area contributed by atoms with Crippen LogP contribution < -0.4 is 0 Å². The average molecular weight is 232 g/mol. The van der Waals surface area contributed by atoms with Gasteiger partial charge in [-0.15, -0.1) is 0 Å². The molecule has 0 aliphatic rings. The maximum Gasteiger partial charge on any atom is 0.524 e. The molecule has 0 bridgehead atoms. The van der Waals surface area contributed by atoms with Crippen molar-refractivity contribution in [2.75, 3.05) is 0 Å². The van der Waals surface area contributed by atoms with Crippen molar-refractivity contribution in [2.45, 2.75) is 0 Å². The van der Waals surface area contributed by atoms with Crippen LogP contribution in [-0.2, 0) is 13.7 Å². The highest BCUT2D eigenvalue weighted by molar-refractivity contribution is 7.55. The topological polar surface area (TPSA) is 124 Å². The van der Waals surface area contributed by atoms with Crippen molar-refractivity contribution in [1.82, 2.24) is 0 Å². The fourth-order valence-corrected chi connectivity index (χ4v) is 0.291. The Bertz CT molecular complexity index is 247. The van der Waals surface area contributed by atoms with E-state index in [1.165, 1.54) is 0 Å². The Balaban J connectivity index is 0. The lowest BCUT2D eigenvalue weighted by atomic mass is 11.2. The van der Waals surface area contributed by atoms with Crippen molar-refractivity contribution in [2.24, 2.45) is 0 Å². The summed E-state index contributed by atoms with van der Waals surface area (Å²) in [5.41, 5.74) is 0. The van der Waals surface area contributed by atoms with Gasteiger partial charge in [-0.05, 0) is 0 Å². The average Bonchev–Trinajstić information content (AvgIpc) is 1.84. The van der Waals surface area contributed by atoms with Crippen molar-refractivity contribution in [3.63, 3.8) is 0 Å². The summed E-state index contributed by atoms with van der Waals surface area (Å²) in [6, 6.07) is 0. The molecule has 9 heteroatoms. The van der Waals surface area contributed by atoms with E-state index in [1.807, 2.05) is 0 Å². The summed E-state index contributed by atoms with van der Waals surface area (Å²) < 4.78 is 22.9. The van der Waals surface area contributed by atoms with Gasteiger partial charge in [0.2, 0.25) is 0 Å². The van der Waals surface area contributed by atoms with Crippen LogP contribution in [-0.4, -0.2) is 19.6 Å². The molecule has 7 nitrogen and oxygen atoms in total. The van der Waals surface area contributed by atoms with E-state index in [9.17, 15) is 9.13 Å². The molecule has 0 amide bonds. The van der Waals surface area contributed by atoms with E-state index in [4.69, 9.17) is 19.6 Å². The van der Waals surface area contributed by atoms with Gasteiger partial charge in [0.25, 0.3) is 0 Å². The monoisotopic (exact) mass is 232 g/mol. The van der Waals surface area contributed by atoms with E-state index in [-0.39, 0.29) is 0 Å². The molecule has 4 N–H and O–H groups in total. The van der Waals surface area contributed by atoms with E-state index >= 15 is 0 Å². The Labute approximate surface area is 74.8 Å². The number of phosphoric acid groups is 1. The second-order valence-electron chi connectivity index (χ2n) is 1.53. The van der Waals surface area contributed by atoms with Crippen LogP contribution in [0.2, 0.25) is 0 Å². The zero-order chi connectivity index (χ0) is 11.1. The molecule has 0 aromatic carbocycles. The third-order valence-electron chi connectivity index (χ3n) is 0.450. The summed E-state index contributed by atoms with van der Waals surface area (Å²) in [5, 5.41) is 0. The first-order valence-corrected chi connectivity index (χ1v) is 5.87. The standard InChI is InChI=1S/C2H5O4P.C2H5O3P/c1-2-6-7(3,4)5;1-2-6(3,4)5/h2H,1H2,(H2,3,4,5);2H,1H2,(H2,3,4,5). The predicted molar refractivity (Wildman–Crippen MR) is 45.6 cm³/mol. The third kappa shape index (κ3) is 24.5. The molecule has 0 fully saturated rings. The highest BCUT2D eigenvalue weighted by Gasteiger charge is 2.10. The molecule has 0 rings (SSSR count). The molecule has 13 heavy (non-hydrogen) atoms. The van der Waals surface area contributed by atoms with Crippen LogP contribution in [0.3, 0.4) is 0 Å². The van der Waals surface area contributed by atoms with E-state index in [1.54, 1.807) is 0 Å². The smallest absolute Gasteiger partial charge is 0.413 e. The minimum atomic E-state index is -4.28. The molecule has 0 spiro atoms. The van der Waals surface area contributed by atoms with Crippen LogP contribution in [0.25, 0.3) is 0 Å². The fraction of sp³-hybridized carbons (Fsp3) is 0. The van der Waals surface area contributed by atoms with E-state index < -0.39 is 15.4 Å². The molecule has 0 saturated carbocycles. The highest BCUT2D eigenvalue weighted by Crippen LogP contribution is 2.35. The second-order valence-corrected chi connectivity index (χ2v) is 4.27. The summed E-state index contributed by atoms with van der Waals surface area (Å²) in [7, 11) is -8.17. The maximum absolute atomic E-state index is 9.63. The van der Waals surface area contributed by atoms with E-state index in [2.05, 4.69) is 17.7 Å². The second kappa shape index (κ2) is 6.10. The van der Waals surface area contributed by atoms with Gasteiger partial charge in [-0.2, -0.15) is 0 Å². The molecule has 0 heterocycles. The summed E-state index contributed by atoms with van der Waals surface area (Å²) in [5.74, 6) is 0.604. The molecular weight excluding hydrogens is 222 g/mol. The normalized spacial score (nSPS) is 10.8. The predicted octanol–water partition coefficient (Wildman–Crippen LogP) is 0.547. The largest absolute Gasteiger partial charge is 0.524 e. The van der Waals surface area contributed by atoms with Crippen molar-refractivity contribution in [3.8, 4) is 0 Å². The van der Waals surface area contributed by atoms with E-state index in [0.29, 0.717) is 12.1 Å². The lowest BCUT2D eigenvalue weighted by Gasteiger charge is -1.96. The van der Waals surface area contributed by atoms with Crippen LogP contribution in [0.4, 0.5) is 0 Å². The third-order valence-corrected chi connectivity index (χ3v) is 1.35. The molecule has 0 aliphatic carbocycles. The Hall–Kier alpha value is -0.420. The molecule has 0 aromatic rings. The Morgan fingerprint density at radius 1 is 1.08 bits per heavy atom. The lowest BCUT2D eigenvalue weighted by Crippen LogP contribution is -1.75. The summed E-state index contributed by atoms with van der Waals surface area (Å²) in [6.07, 6.45) is 0.695. The van der Waals surface area contributed by atoms with Crippen molar-refractivity contribution < 1.29 is 33.2 Å². The number of phosphoric ester groups is 1. The zero-order valence-corrected chi connectivity index (χ0v) is 8.27. The van der Waals surface area contributed by atoms with Gasteiger partial charge >= 0.3 is 15.4 Å². The van der Waals surface area contributed by atoms with Crippen molar-refractivity contribution >= 4 is 15.4 Å². The van der Waals surface area contributed by atoms with Gasteiger partial charge in [-0.25, -0.2) is 4.57 Å². The Morgan fingerprint density at radius 2 is 1.38 bits per heavy atom. The van der Waals surface area contributed by atoms with Crippen LogP contribution in [0.5, 0.6) is 0 Å². The van der Waals surface area contributed by atoms with Crippen molar-refractivity contribution in [1.29, 1.82) is 0 Å². The van der Waals surface area contributed by atoms with Gasteiger partial charge in [0.1, 0.15) is 0 Å². The summed E-state index contributed by atoms with van der Waals surface area (Å²) in [4.78, 5) is 31.3. The number of rotatable bonds is 3. The Morgan fingerprint density at radius 3 is 1.38 bits per heavy atom. The minimum absolute atomic E-state index is 0.604. The lowest BCUT2D eigenvalue weighted by molar-refractivity contribution is 0.259. The molecule has 0 aromatic heterocycles. The minimum Gasteiger partial charge on any atom is -0.413 e. The van der Waals surface area contributed by atoms with Crippen LogP contribution in [0.15, 0.2) is 25.2 Å². The fourth-order valence-electron chi connectivity index (χ4n) is 0.0971. The highest BCUT2D eigenvalue weighted by atomic mass is 31.2. The first-order valence-electron chi connectivity index (χ1n) is 2.66. The van der Waals surface area contributed by atoms with Gasteiger partial charge < -0.3 is 14.3 Å². The van der Waals surface area contributed by atoms with Gasteiger partial charge in [0, 0.05) is 5.82 Å². The number of hydrogen-bond donors (Lipinski definition) is 4. The molecule has 0 atom stereocenters. The van der Waals surface area contributed by atoms with Crippen LogP contribution in [0.1, 0.15) is 0 Å². The number of hydrogen-bond acceptors (Lipinski definition) is 3. The molecule has 0 radical (unpaired) electrons. The van der Waals surface area contributed by atoms with Crippen LogP contribution in [0, 0.1) is 0 Å². The van der Waals surface area contributed by atoms with Gasteiger partial charge in [-0.1, -0.05) is 13.2 Å². The van der Waals surface area contributed by atoms with Gasteiger partial charge in [-0.3, -0.25) is 14.4 Å². The Kier molecular flexibility index (Phi) is 7.07. The maximum atomic E-state index is 9.63. The molecule has 0 saturated heterocycles. The first kappa shape index (κ1) is 15.1. The van der Waals surface area contributed by atoms with Gasteiger partial charge in [0.05, 0.1) is 6.26 Å². The first-order chi connectivity index (χ1) is 5.62. The van der Waals surface area contributed by atoms with Crippen LogP contribution >= 0.6 is 15.4 Å². The summed E-state index contributed by atoms with van der Waals surface area (Å²) in [6.45, 7) is 5.80. The van der Waals surface area contributed by atoms with Crippen molar-refractivity contribution in [3.05, 3.63) is 25.2 Å². The summed E-state index contributed by atoms with van der Waals surface area (Å²) >= 11 is 0. The molecular formula is C4H10O7P2. The zero-order valence-electron chi connectivity index (χ0n) is 6.48. The molecule has 78 valence electrons. The molecule has 0 unspecified atom stereocenters.